The molecule has 118 valence electrons. The monoisotopic (exact) mass is 300 g/mol. The first-order valence-corrected chi connectivity index (χ1v) is 7.56. The van der Waals surface area contributed by atoms with E-state index in [4.69, 9.17) is 0 Å². The number of nitrogens with zero attached hydrogens (tertiary/aromatic N) is 1. The second-order valence-electron chi connectivity index (χ2n) is 5.69. The number of nitrogens with one attached hydrogen (secondary N) is 1. The van der Waals surface area contributed by atoms with E-state index < -0.39 is 12.1 Å². The summed E-state index contributed by atoms with van der Waals surface area (Å²) in [4.78, 5) is 2.11. The predicted molar refractivity (Wildman–Crippen MR) is 77.9 cm³/mol. The minimum atomic E-state index is -4.03. The molecule has 0 amide bonds. The van der Waals surface area contributed by atoms with Crippen molar-refractivity contribution in [3.05, 3.63) is 35.4 Å². The first-order chi connectivity index (χ1) is 9.99. The zero-order valence-electron chi connectivity index (χ0n) is 12.4. The molecule has 0 saturated carbocycles. The third kappa shape index (κ3) is 5.00. The summed E-state index contributed by atoms with van der Waals surface area (Å²) in [5.41, 5.74) is 2.40. The minimum Gasteiger partial charge on any atom is -0.313 e. The van der Waals surface area contributed by atoms with E-state index in [9.17, 15) is 13.2 Å². The number of hydrogen-bond donors (Lipinski definition) is 1. The number of likely N-dealkylation sites (tertiary alicyclic amines) is 1. The molecule has 0 unspecified atom stereocenters. The Hall–Kier alpha value is -1.07. The Morgan fingerprint density at radius 2 is 1.67 bits per heavy atom. The first kappa shape index (κ1) is 16.3. The summed E-state index contributed by atoms with van der Waals surface area (Å²) < 4.78 is 37.9. The van der Waals surface area contributed by atoms with E-state index in [-0.39, 0.29) is 12.8 Å². The van der Waals surface area contributed by atoms with Crippen molar-refractivity contribution in [1.82, 2.24) is 10.2 Å². The zero-order valence-corrected chi connectivity index (χ0v) is 12.4. The fraction of sp³-hybridized carbons (Fsp3) is 0.625. The van der Waals surface area contributed by atoms with Crippen molar-refractivity contribution in [2.75, 3.05) is 19.6 Å². The van der Waals surface area contributed by atoms with Crippen LogP contribution in [-0.4, -0.2) is 30.7 Å². The van der Waals surface area contributed by atoms with Crippen LogP contribution in [0.1, 0.15) is 30.9 Å². The molecule has 2 nitrogen and oxygen atoms in total. The third-order valence-corrected chi connectivity index (χ3v) is 4.06. The lowest BCUT2D eigenvalue weighted by molar-refractivity contribution is -0.185. The van der Waals surface area contributed by atoms with Crippen molar-refractivity contribution in [3.63, 3.8) is 0 Å². The van der Waals surface area contributed by atoms with E-state index >= 15 is 0 Å². The quantitative estimate of drug-likeness (QED) is 0.894. The molecule has 1 fully saturated rings. The molecule has 5 heteroatoms. The lowest BCUT2D eigenvalue weighted by Gasteiger charge is -2.32. The standard InChI is InChI=1S/C16H23F3N2/c1-2-20-11-13-3-5-14(6-4-13)12-21-9-7-15(8-10-21)16(17,18)19/h3-6,15,20H,2,7-12H2,1H3. The van der Waals surface area contributed by atoms with Crippen LogP contribution in [-0.2, 0) is 13.1 Å². The van der Waals surface area contributed by atoms with Crippen molar-refractivity contribution in [2.45, 2.75) is 39.0 Å². The van der Waals surface area contributed by atoms with Crippen LogP contribution in [0.3, 0.4) is 0 Å². The smallest absolute Gasteiger partial charge is 0.313 e. The summed E-state index contributed by atoms with van der Waals surface area (Å²) in [5, 5.41) is 3.27. The molecule has 0 spiro atoms. The molecule has 1 saturated heterocycles. The van der Waals surface area contributed by atoms with Crippen LogP contribution < -0.4 is 5.32 Å². The Kier molecular flexibility index (Phi) is 5.65. The van der Waals surface area contributed by atoms with Gasteiger partial charge in [0.15, 0.2) is 0 Å². The van der Waals surface area contributed by atoms with Crippen LogP contribution >= 0.6 is 0 Å². The van der Waals surface area contributed by atoms with Crippen LogP contribution in [0.5, 0.6) is 0 Å². The Labute approximate surface area is 124 Å². The lowest BCUT2D eigenvalue weighted by atomic mass is 9.96. The van der Waals surface area contributed by atoms with Crippen molar-refractivity contribution < 1.29 is 13.2 Å². The van der Waals surface area contributed by atoms with Gasteiger partial charge in [-0.3, -0.25) is 4.90 Å². The van der Waals surface area contributed by atoms with Gasteiger partial charge in [0, 0.05) is 13.1 Å². The highest BCUT2D eigenvalue weighted by molar-refractivity contribution is 5.22. The normalized spacial score (nSPS) is 18.1. The van der Waals surface area contributed by atoms with Gasteiger partial charge in [0.1, 0.15) is 0 Å². The van der Waals surface area contributed by atoms with Gasteiger partial charge in [-0.05, 0) is 43.6 Å². The Morgan fingerprint density at radius 1 is 1.10 bits per heavy atom. The summed E-state index contributed by atoms with van der Waals surface area (Å²) in [5.74, 6) is -1.11. The summed E-state index contributed by atoms with van der Waals surface area (Å²) in [6.07, 6.45) is -3.58. The van der Waals surface area contributed by atoms with Crippen LogP contribution in [0.2, 0.25) is 0 Å². The fourth-order valence-corrected chi connectivity index (χ4v) is 2.71. The zero-order chi connectivity index (χ0) is 15.3. The number of hydrogen-bond acceptors (Lipinski definition) is 2. The van der Waals surface area contributed by atoms with Crippen LogP contribution in [0.15, 0.2) is 24.3 Å². The van der Waals surface area contributed by atoms with Gasteiger partial charge in [0.05, 0.1) is 5.92 Å². The maximum atomic E-state index is 12.6. The van der Waals surface area contributed by atoms with E-state index in [0.717, 1.165) is 19.6 Å². The van der Waals surface area contributed by atoms with E-state index in [1.165, 1.54) is 11.1 Å². The van der Waals surface area contributed by atoms with Crippen LogP contribution in [0, 0.1) is 5.92 Å². The predicted octanol–water partition coefficient (Wildman–Crippen LogP) is 3.57. The van der Waals surface area contributed by atoms with Gasteiger partial charge in [-0.1, -0.05) is 31.2 Å². The first-order valence-electron chi connectivity index (χ1n) is 7.56. The average Bonchev–Trinajstić information content (AvgIpc) is 2.46. The summed E-state index contributed by atoms with van der Waals surface area (Å²) in [6, 6.07) is 8.31. The van der Waals surface area contributed by atoms with E-state index in [0.29, 0.717) is 13.1 Å². The molecular formula is C16H23F3N2. The van der Waals surface area contributed by atoms with E-state index in [2.05, 4.69) is 41.4 Å². The molecule has 1 aliphatic heterocycles. The summed E-state index contributed by atoms with van der Waals surface area (Å²) in [6.45, 7) is 5.67. The van der Waals surface area contributed by atoms with E-state index in [1.54, 1.807) is 0 Å². The molecule has 1 aromatic rings. The van der Waals surface area contributed by atoms with Gasteiger partial charge < -0.3 is 5.32 Å². The molecule has 21 heavy (non-hydrogen) atoms. The molecule has 0 aromatic heterocycles. The molecule has 1 heterocycles. The highest BCUT2D eigenvalue weighted by atomic mass is 19.4. The highest BCUT2D eigenvalue weighted by Gasteiger charge is 2.40. The third-order valence-electron chi connectivity index (χ3n) is 4.06. The Balaban J connectivity index is 1.80. The number of rotatable bonds is 5. The molecule has 1 aromatic carbocycles. The van der Waals surface area contributed by atoms with Crippen molar-refractivity contribution in [2.24, 2.45) is 5.92 Å². The van der Waals surface area contributed by atoms with Gasteiger partial charge in [-0.15, -0.1) is 0 Å². The van der Waals surface area contributed by atoms with Gasteiger partial charge in [0.2, 0.25) is 0 Å². The Morgan fingerprint density at radius 3 is 2.19 bits per heavy atom. The molecule has 1 N–H and O–H groups in total. The largest absolute Gasteiger partial charge is 0.391 e. The van der Waals surface area contributed by atoms with Gasteiger partial charge in [0.25, 0.3) is 0 Å². The minimum absolute atomic E-state index is 0.224. The molecule has 0 atom stereocenters. The Bertz CT molecular complexity index is 420. The van der Waals surface area contributed by atoms with Gasteiger partial charge >= 0.3 is 6.18 Å². The van der Waals surface area contributed by atoms with E-state index in [1.807, 2.05) is 0 Å². The molecular weight excluding hydrogens is 277 g/mol. The van der Waals surface area contributed by atoms with Gasteiger partial charge in [-0.25, -0.2) is 0 Å². The molecule has 0 aliphatic carbocycles. The maximum Gasteiger partial charge on any atom is 0.391 e. The van der Waals surface area contributed by atoms with Gasteiger partial charge in [-0.2, -0.15) is 13.2 Å². The van der Waals surface area contributed by atoms with Crippen LogP contribution in [0.25, 0.3) is 0 Å². The molecule has 2 rings (SSSR count). The maximum absolute atomic E-state index is 12.6. The number of halogens is 3. The second kappa shape index (κ2) is 7.27. The lowest BCUT2D eigenvalue weighted by Crippen LogP contribution is -2.38. The van der Waals surface area contributed by atoms with Crippen LogP contribution in [0.4, 0.5) is 13.2 Å². The molecule has 0 bridgehead atoms. The van der Waals surface area contributed by atoms with Crippen molar-refractivity contribution >= 4 is 0 Å². The molecule has 0 radical (unpaired) electrons. The fourth-order valence-electron chi connectivity index (χ4n) is 2.71. The SMILES string of the molecule is CCNCc1ccc(CN2CCC(C(F)(F)F)CC2)cc1. The average molecular weight is 300 g/mol. The van der Waals surface area contributed by atoms with Crippen molar-refractivity contribution in [3.8, 4) is 0 Å². The number of alkyl halides is 3. The highest BCUT2D eigenvalue weighted by Crippen LogP contribution is 2.34. The molecule has 1 aliphatic rings. The number of benzene rings is 1. The number of piperidine rings is 1. The topological polar surface area (TPSA) is 15.3 Å². The van der Waals surface area contributed by atoms with Crippen molar-refractivity contribution in [1.29, 1.82) is 0 Å². The summed E-state index contributed by atoms with van der Waals surface area (Å²) in [7, 11) is 0. The second-order valence-corrected chi connectivity index (χ2v) is 5.69. The summed E-state index contributed by atoms with van der Waals surface area (Å²) >= 11 is 0.